The van der Waals surface area contributed by atoms with Crippen molar-refractivity contribution in [3.8, 4) is 0 Å². The summed E-state index contributed by atoms with van der Waals surface area (Å²) in [5.41, 5.74) is 1.95. The van der Waals surface area contributed by atoms with Gasteiger partial charge in [-0.05, 0) is 6.42 Å². The summed E-state index contributed by atoms with van der Waals surface area (Å²) >= 11 is 1.34. The van der Waals surface area contributed by atoms with Gasteiger partial charge in [-0.1, -0.05) is 0 Å². The second-order valence-electron chi connectivity index (χ2n) is 3.11. The van der Waals surface area contributed by atoms with Gasteiger partial charge in [0.05, 0.1) is 11.3 Å². The van der Waals surface area contributed by atoms with Gasteiger partial charge < -0.3 is 5.32 Å². The molecule has 1 rings (SSSR count). The third-order valence-corrected chi connectivity index (χ3v) is 3.26. The molecule has 1 aromatic rings. The molecule has 7 heteroatoms. The van der Waals surface area contributed by atoms with E-state index >= 15 is 0 Å². The van der Waals surface area contributed by atoms with Crippen molar-refractivity contribution in [3.05, 3.63) is 16.6 Å². The fraction of sp³-hybridized carbons (Fsp3) is 0.500. The first-order valence-electron chi connectivity index (χ1n) is 4.33. The number of aromatic nitrogens is 1. The Hall–Kier alpha value is -0.950. The number of hydrogen-bond donors (Lipinski definition) is 1. The molecule has 0 fully saturated rings. The number of carbonyl (C=O) groups excluding carboxylic acids is 1. The van der Waals surface area contributed by atoms with Crippen LogP contribution < -0.4 is 5.32 Å². The quantitative estimate of drug-likeness (QED) is 0.761. The summed E-state index contributed by atoms with van der Waals surface area (Å²) in [4.78, 5) is 15.1. The molecule has 1 amide bonds. The number of hydrogen-bond acceptors (Lipinski definition) is 5. The number of rotatable bonds is 5. The van der Waals surface area contributed by atoms with Gasteiger partial charge >= 0.3 is 0 Å². The average molecular weight is 248 g/mol. The molecule has 0 aliphatic rings. The van der Waals surface area contributed by atoms with Crippen molar-refractivity contribution in [1.82, 2.24) is 10.3 Å². The molecule has 0 atom stereocenters. The van der Waals surface area contributed by atoms with E-state index in [0.717, 1.165) is 0 Å². The van der Waals surface area contributed by atoms with Crippen LogP contribution in [-0.4, -0.2) is 37.9 Å². The highest BCUT2D eigenvalue weighted by Gasteiger charge is 2.07. The van der Waals surface area contributed by atoms with Gasteiger partial charge in [-0.15, -0.1) is 11.3 Å². The largest absolute Gasteiger partial charge is 0.351 e. The lowest BCUT2D eigenvalue weighted by Crippen LogP contribution is -2.26. The maximum absolute atomic E-state index is 11.3. The van der Waals surface area contributed by atoms with Crippen molar-refractivity contribution in [2.45, 2.75) is 6.42 Å². The van der Waals surface area contributed by atoms with E-state index < -0.39 is 9.84 Å². The smallest absolute Gasteiger partial charge is 0.270 e. The zero-order chi connectivity index (χ0) is 11.3. The van der Waals surface area contributed by atoms with Gasteiger partial charge in [0.1, 0.15) is 15.5 Å². The number of carbonyl (C=O) groups is 1. The van der Waals surface area contributed by atoms with Gasteiger partial charge in [-0.3, -0.25) is 4.79 Å². The molecular formula is C8H12N2O3S2. The van der Waals surface area contributed by atoms with Crippen LogP contribution in [0.15, 0.2) is 10.9 Å². The summed E-state index contributed by atoms with van der Waals surface area (Å²) in [6.45, 7) is 0.351. The Morgan fingerprint density at radius 1 is 1.60 bits per heavy atom. The summed E-state index contributed by atoms with van der Waals surface area (Å²) < 4.78 is 21.6. The molecule has 0 aliphatic carbocycles. The van der Waals surface area contributed by atoms with Crippen LogP contribution in [0.25, 0.3) is 0 Å². The lowest BCUT2D eigenvalue weighted by Gasteiger charge is -2.01. The van der Waals surface area contributed by atoms with E-state index in [-0.39, 0.29) is 11.7 Å². The summed E-state index contributed by atoms with van der Waals surface area (Å²) in [6, 6.07) is 0. The minimum absolute atomic E-state index is 0.0876. The van der Waals surface area contributed by atoms with E-state index in [1.54, 1.807) is 10.9 Å². The number of thiazole rings is 1. The number of nitrogens with one attached hydrogen (secondary N) is 1. The monoisotopic (exact) mass is 248 g/mol. The molecule has 1 aromatic heterocycles. The standard InChI is InChI=1S/C8H12N2O3S2/c1-15(12,13)4-2-3-9-8(11)7-5-14-6-10-7/h5-6H,2-4H2,1H3,(H,9,11). The van der Waals surface area contributed by atoms with Crippen LogP contribution in [0.2, 0.25) is 0 Å². The third-order valence-electron chi connectivity index (χ3n) is 1.64. The summed E-state index contributed by atoms with van der Waals surface area (Å²) in [5, 5.41) is 4.24. The minimum Gasteiger partial charge on any atom is -0.351 e. The Balaban J connectivity index is 2.24. The van der Waals surface area contributed by atoms with Crippen LogP contribution in [0.4, 0.5) is 0 Å². The summed E-state index contributed by atoms with van der Waals surface area (Å²) in [7, 11) is -2.94. The van der Waals surface area contributed by atoms with Crippen LogP contribution >= 0.6 is 11.3 Å². The number of nitrogens with zero attached hydrogens (tertiary/aromatic N) is 1. The first-order chi connectivity index (χ1) is 6.99. The zero-order valence-corrected chi connectivity index (χ0v) is 9.90. The Morgan fingerprint density at radius 3 is 2.87 bits per heavy atom. The highest BCUT2D eigenvalue weighted by molar-refractivity contribution is 7.90. The Kier molecular flexibility index (Phi) is 4.22. The van der Waals surface area contributed by atoms with Gasteiger partial charge in [-0.25, -0.2) is 13.4 Å². The van der Waals surface area contributed by atoms with Crippen molar-refractivity contribution in [2.24, 2.45) is 0 Å². The molecule has 1 N–H and O–H groups in total. The number of amides is 1. The summed E-state index contributed by atoms with van der Waals surface area (Å²) in [6.07, 6.45) is 1.60. The van der Waals surface area contributed by atoms with Crippen molar-refractivity contribution >= 4 is 27.1 Å². The molecule has 0 bridgehead atoms. The van der Waals surface area contributed by atoms with Crippen molar-refractivity contribution in [3.63, 3.8) is 0 Å². The van der Waals surface area contributed by atoms with Crippen molar-refractivity contribution in [1.29, 1.82) is 0 Å². The lowest BCUT2D eigenvalue weighted by molar-refractivity contribution is 0.0949. The maximum Gasteiger partial charge on any atom is 0.270 e. The molecule has 15 heavy (non-hydrogen) atoms. The Morgan fingerprint density at radius 2 is 2.33 bits per heavy atom. The molecule has 1 heterocycles. The molecule has 0 saturated carbocycles. The summed E-state index contributed by atoms with van der Waals surface area (Å²) in [5.74, 6) is -0.172. The molecule has 84 valence electrons. The fourth-order valence-corrected chi connectivity index (χ4v) is 2.15. The SMILES string of the molecule is CS(=O)(=O)CCCNC(=O)c1cscn1. The van der Waals surface area contributed by atoms with Crippen LogP contribution in [0.1, 0.15) is 16.9 Å². The highest BCUT2D eigenvalue weighted by atomic mass is 32.2. The molecule has 0 radical (unpaired) electrons. The van der Waals surface area contributed by atoms with Gasteiger partial charge in [0.15, 0.2) is 0 Å². The average Bonchev–Trinajstić information content (AvgIpc) is 2.63. The van der Waals surface area contributed by atoms with Crippen LogP contribution in [0, 0.1) is 0 Å². The van der Waals surface area contributed by atoms with Crippen LogP contribution in [-0.2, 0) is 9.84 Å². The van der Waals surface area contributed by atoms with Gasteiger partial charge in [0, 0.05) is 18.2 Å². The van der Waals surface area contributed by atoms with Crippen molar-refractivity contribution in [2.75, 3.05) is 18.6 Å². The Bertz CT molecular complexity index is 411. The molecule has 0 aromatic carbocycles. The number of sulfone groups is 1. The molecule has 0 unspecified atom stereocenters. The second kappa shape index (κ2) is 5.22. The molecule has 0 aliphatic heterocycles. The first kappa shape index (κ1) is 12.1. The zero-order valence-electron chi connectivity index (χ0n) is 8.26. The van der Waals surface area contributed by atoms with Gasteiger partial charge in [0.25, 0.3) is 5.91 Å². The molecule has 0 spiro atoms. The lowest BCUT2D eigenvalue weighted by atomic mass is 10.4. The molecular weight excluding hydrogens is 236 g/mol. The van der Waals surface area contributed by atoms with E-state index in [0.29, 0.717) is 18.7 Å². The van der Waals surface area contributed by atoms with E-state index in [9.17, 15) is 13.2 Å². The van der Waals surface area contributed by atoms with Gasteiger partial charge in [-0.2, -0.15) is 0 Å². The highest BCUT2D eigenvalue weighted by Crippen LogP contribution is 2.00. The van der Waals surface area contributed by atoms with E-state index in [1.165, 1.54) is 17.6 Å². The van der Waals surface area contributed by atoms with E-state index in [4.69, 9.17) is 0 Å². The topological polar surface area (TPSA) is 76.1 Å². The maximum atomic E-state index is 11.3. The second-order valence-corrected chi connectivity index (χ2v) is 6.09. The van der Waals surface area contributed by atoms with Gasteiger partial charge in [0.2, 0.25) is 0 Å². The van der Waals surface area contributed by atoms with E-state index in [1.807, 2.05) is 0 Å². The Labute approximate surface area is 92.5 Å². The van der Waals surface area contributed by atoms with E-state index in [2.05, 4.69) is 10.3 Å². The van der Waals surface area contributed by atoms with Crippen LogP contribution in [0.5, 0.6) is 0 Å². The predicted molar refractivity (Wildman–Crippen MR) is 58.8 cm³/mol. The normalized spacial score (nSPS) is 11.3. The van der Waals surface area contributed by atoms with Crippen molar-refractivity contribution < 1.29 is 13.2 Å². The fourth-order valence-electron chi connectivity index (χ4n) is 0.952. The predicted octanol–water partition coefficient (Wildman–Crippen LogP) is 0.308. The van der Waals surface area contributed by atoms with Crippen LogP contribution in [0.3, 0.4) is 0 Å². The molecule has 5 nitrogen and oxygen atoms in total. The molecule has 0 saturated heterocycles. The first-order valence-corrected chi connectivity index (χ1v) is 7.33. The third kappa shape index (κ3) is 4.89. The minimum atomic E-state index is -2.94.